The van der Waals surface area contributed by atoms with Crippen molar-refractivity contribution in [3.8, 4) is 0 Å². The standard InChI is InChI=1S/C20H19Cl2F3N2O2/c1-9(2)18(27-19(28)17-14(23)5-4-6-15(17)24)20(29)26-10(3)11-7-16(25)13(22)8-12(11)21/h4-10,18H,1-3H3,(H,26,29)(H,27,28). The molecule has 0 aliphatic rings. The second-order valence-corrected chi connectivity index (χ2v) is 7.62. The van der Waals surface area contributed by atoms with E-state index in [0.717, 1.165) is 24.3 Å². The fourth-order valence-corrected chi connectivity index (χ4v) is 3.26. The van der Waals surface area contributed by atoms with Gasteiger partial charge in [0.1, 0.15) is 29.1 Å². The highest BCUT2D eigenvalue weighted by Gasteiger charge is 2.28. The molecule has 156 valence electrons. The molecule has 0 saturated heterocycles. The van der Waals surface area contributed by atoms with E-state index in [1.165, 1.54) is 6.07 Å². The van der Waals surface area contributed by atoms with E-state index in [9.17, 15) is 22.8 Å². The molecule has 0 aliphatic heterocycles. The van der Waals surface area contributed by atoms with Gasteiger partial charge in [-0.3, -0.25) is 9.59 Å². The fraction of sp³-hybridized carbons (Fsp3) is 0.300. The third-order valence-corrected chi connectivity index (χ3v) is 4.91. The Morgan fingerprint density at radius 3 is 2.03 bits per heavy atom. The van der Waals surface area contributed by atoms with Crippen molar-refractivity contribution in [2.24, 2.45) is 5.92 Å². The first-order chi connectivity index (χ1) is 13.5. The predicted molar refractivity (Wildman–Crippen MR) is 105 cm³/mol. The third kappa shape index (κ3) is 5.42. The average Bonchev–Trinajstić information content (AvgIpc) is 2.62. The number of carbonyl (C=O) groups excluding carboxylic acids is 2. The van der Waals surface area contributed by atoms with Gasteiger partial charge < -0.3 is 10.6 Å². The highest BCUT2D eigenvalue weighted by atomic mass is 35.5. The van der Waals surface area contributed by atoms with E-state index in [2.05, 4.69) is 10.6 Å². The van der Waals surface area contributed by atoms with E-state index >= 15 is 0 Å². The number of halogens is 5. The zero-order valence-corrected chi connectivity index (χ0v) is 17.3. The SMILES string of the molecule is CC(NC(=O)C(NC(=O)c1c(F)cccc1F)C(C)C)c1cc(F)c(Cl)cc1Cl. The van der Waals surface area contributed by atoms with Crippen LogP contribution in [-0.2, 0) is 4.79 Å². The maximum Gasteiger partial charge on any atom is 0.257 e. The van der Waals surface area contributed by atoms with Crippen LogP contribution in [0.25, 0.3) is 0 Å². The fourth-order valence-electron chi connectivity index (χ4n) is 2.71. The van der Waals surface area contributed by atoms with Crippen molar-refractivity contribution in [2.75, 3.05) is 0 Å². The molecule has 0 spiro atoms. The van der Waals surface area contributed by atoms with Crippen LogP contribution in [0.4, 0.5) is 13.2 Å². The van der Waals surface area contributed by atoms with Crippen LogP contribution in [0, 0.1) is 23.4 Å². The summed E-state index contributed by atoms with van der Waals surface area (Å²) in [5.74, 6) is -4.86. The van der Waals surface area contributed by atoms with Crippen molar-refractivity contribution in [3.63, 3.8) is 0 Å². The zero-order valence-electron chi connectivity index (χ0n) is 15.8. The molecule has 0 radical (unpaired) electrons. The number of rotatable bonds is 6. The summed E-state index contributed by atoms with van der Waals surface area (Å²) in [4.78, 5) is 25.0. The summed E-state index contributed by atoms with van der Waals surface area (Å²) in [7, 11) is 0. The van der Waals surface area contributed by atoms with Gasteiger partial charge in [-0.15, -0.1) is 0 Å². The molecule has 0 bridgehead atoms. The third-order valence-electron chi connectivity index (χ3n) is 4.29. The number of hydrogen-bond donors (Lipinski definition) is 2. The summed E-state index contributed by atoms with van der Waals surface area (Å²) in [5.41, 5.74) is -0.488. The van der Waals surface area contributed by atoms with Crippen LogP contribution in [0.1, 0.15) is 42.7 Å². The van der Waals surface area contributed by atoms with Gasteiger partial charge in [0.15, 0.2) is 0 Å². The van der Waals surface area contributed by atoms with Crippen LogP contribution in [0.2, 0.25) is 10.0 Å². The maximum absolute atomic E-state index is 13.8. The molecule has 2 unspecified atom stereocenters. The minimum atomic E-state index is -1.10. The van der Waals surface area contributed by atoms with Crippen LogP contribution < -0.4 is 10.6 Å². The Kier molecular flexibility index (Phi) is 7.54. The van der Waals surface area contributed by atoms with Gasteiger partial charge in [-0.2, -0.15) is 0 Å². The molecular weight excluding hydrogens is 428 g/mol. The van der Waals surface area contributed by atoms with Gasteiger partial charge in [0.2, 0.25) is 5.91 Å². The molecular formula is C20H19Cl2F3N2O2. The molecule has 0 saturated carbocycles. The molecule has 4 nitrogen and oxygen atoms in total. The highest BCUT2D eigenvalue weighted by Crippen LogP contribution is 2.28. The normalized spacial score (nSPS) is 13.1. The second-order valence-electron chi connectivity index (χ2n) is 6.81. The molecule has 2 amide bonds. The number of hydrogen-bond acceptors (Lipinski definition) is 2. The molecule has 0 heterocycles. The zero-order chi connectivity index (χ0) is 21.9. The predicted octanol–water partition coefficient (Wildman–Crippen LogP) is 5.04. The molecule has 0 aliphatic carbocycles. The van der Waals surface area contributed by atoms with Crippen LogP contribution in [0.15, 0.2) is 30.3 Å². The Balaban J connectivity index is 2.20. The highest BCUT2D eigenvalue weighted by molar-refractivity contribution is 6.35. The van der Waals surface area contributed by atoms with E-state index < -0.39 is 52.8 Å². The molecule has 9 heteroatoms. The van der Waals surface area contributed by atoms with Crippen molar-refractivity contribution in [1.29, 1.82) is 0 Å². The summed E-state index contributed by atoms with van der Waals surface area (Å²) in [6.45, 7) is 4.88. The van der Waals surface area contributed by atoms with E-state index in [4.69, 9.17) is 23.2 Å². The van der Waals surface area contributed by atoms with Crippen LogP contribution in [0.3, 0.4) is 0 Å². The van der Waals surface area contributed by atoms with Gasteiger partial charge in [0.25, 0.3) is 5.91 Å². The van der Waals surface area contributed by atoms with Gasteiger partial charge in [0.05, 0.1) is 11.1 Å². The molecule has 2 atom stereocenters. The number of nitrogens with one attached hydrogen (secondary N) is 2. The minimum absolute atomic E-state index is 0.155. The first-order valence-corrected chi connectivity index (χ1v) is 9.48. The van der Waals surface area contributed by atoms with Gasteiger partial charge in [-0.25, -0.2) is 13.2 Å². The molecule has 29 heavy (non-hydrogen) atoms. The lowest BCUT2D eigenvalue weighted by molar-refractivity contribution is -0.124. The lowest BCUT2D eigenvalue weighted by atomic mass is 10.0. The molecule has 2 N–H and O–H groups in total. The van der Waals surface area contributed by atoms with Crippen molar-refractivity contribution in [2.45, 2.75) is 32.9 Å². The topological polar surface area (TPSA) is 58.2 Å². The Labute approximate surface area is 176 Å². The van der Waals surface area contributed by atoms with E-state index in [0.29, 0.717) is 0 Å². The van der Waals surface area contributed by atoms with Crippen molar-refractivity contribution < 1.29 is 22.8 Å². The Bertz CT molecular complexity index is 918. The smallest absolute Gasteiger partial charge is 0.257 e. The second kappa shape index (κ2) is 9.50. The van der Waals surface area contributed by atoms with Crippen molar-refractivity contribution >= 4 is 35.0 Å². The lowest BCUT2D eigenvalue weighted by Gasteiger charge is -2.25. The Morgan fingerprint density at radius 1 is 0.897 bits per heavy atom. The summed E-state index contributed by atoms with van der Waals surface area (Å²) in [6, 6.07) is 3.53. The molecule has 2 aromatic carbocycles. The van der Waals surface area contributed by atoms with Crippen LogP contribution in [-0.4, -0.2) is 17.9 Å². The quantitative estimate of drug-likeness (QED) is 0.610. The van der Waals surface area contributed by atoms with Crippen molar-refractivity contribution in [3.05, 3.63) is 69.0 Å². The first-order valence-electron chi connectivity index (χ1n) is 8.72. The van der Waals surface area contributed by atoms with E-state index in [1.807, 2.05) is 0 Å². The average molecular weight is 447 g/mol. The van der Waals surface area contributed by atoms with Gasteiger partial charge in [0, 0.05) is 5.02 Å². The van der Waals surface area contributed by atoms with E-state index in [1.54, 1.807) is 20.8 Å². The molecule has 0 aromatic heterocycles. The van der Waals surface area contributed by atoms with Crippen molar-refractivity contribution in [1.82, 2.24) is 10.6 Å². The summed E-state index contributed by atoms with van der Waals surface area (Å²) < 4.78 is 41.4. The first kappa shape index (κ1) is 23.0. The summed E-state index contributed by atoms with van der Waals surface area (Å²) in [6.07, 6.45) is 0. The largest absolute Gasteiger partial charge is 0.348 e. The monoisotopic (exact) mass is 446 g/mol. The van der Waals surface area contributed by atoms with E-state index in [-0.39, 0.29) is 15.6 Å². The number of carbonyl (C=O) groups is 2. The summed E-state index contributed by atoms with van der Waals surface area (Å²) in [5, 5.41) is 4.96. The molecule has 0 fully saturated rings. The Morgan fingerprint density at radius 2 is 1.48 bits per heavy atom. The number of amides is 2. The Hall–Kier alpha value is -2.25. The molecule has 2 rings (SSSR count). The van der Waals surface area contributed by atoms with Gasteiger partial charge in [-0.05, 0) is 42.7 Å². The lowest BCUT2D eigenvalue weighted by Crippen LogP contribution is -2.50. The molecule has 2 aromatic rings. The van der Waals surface area contributed by atoms with Gasteiger partial charge >= 0.3 is 0 Å². The van der Waals surface area contributed by atoms with Gasteiger partial charge in [-0.1, -0.05) is 43.1 Å². The summed E-state index contributed by atoms with van der Waals surface area (Å²) >= 11 is 11.7. The number of benzene rings is 2. The maximum atomic E-state index is 13.8. The minimum Gasteiger partial charge on any atom is -0.348 e. The van der Waals surface area contributed by atoms with Crippen LogP contribution >= 0.6 is 23.2 Å². The van der Waals surface area contributed by atoms with Crippen LogP contribution in [0.5, 0.6) is 0 Å².